The van der Waals surface area contributed by atoms with E-state index in [1.54, 1.807) is 35.6 Å². The van der Waals surface area contributed by atoms with Crippen molar-refractivity contribution >= 4 is 28.9 Å². The molecule has 4 rings (SSSR count). The van der Waals surface area contributed by atoms with E-state index in [9.17, 15) is 4.79 Å². The van der Waals surface area contributed by atoms with Crippen LogP contribution in [0.2, 0.25) is 0 Å². The highest BCUT2D eigenvalue weighted by molar-refractivity contribution is 7.99. The number of hydrogen-bond acceptors (Lipinski definition) is 8. The predicted octanol–water partition coefficient (Wildman–Crippen LogP) is 5.19. The first-order valence-electron chi connectivity index (χ1n) is 8.88. The Balaban J connectivity index is 1.30. The van der Waals surface area contributed by atoms with Gasteiger partial charge in [-0.15, -0.1) is 21.5 Å². The molecule has 0 saturated carbocycles. The second-order valence-corrected chi connectivity index (χ2v) is 8.14. The Bertz CT molecular complexity index is 1090. The molecule has 2 aromatic carbocycles. The summed E-state index contributed by atoms with van der Waals surface area (Å²) in [4.78, 5) is 16.8. The molecule has 0 unspecified atom stereocenters. The molecule has 8 heteroatoms. The quantitative estimate of drug-likeness (QED) is 0.285. The van der Waals surface area contributed by atoms with Crippen molar-refractivity contribution in [3.05, 3.63) is 82.1 Å². The molecule has 0 fully saturated rings. The molecule has 0 spiro atoms. The van der Waals surface area contributed by atoms with E-state index in [2.05, 4.69) is 15.2 Å². The van der Waals surface area contributed by atoms with Crippen LogP contribution >= 0.6 is 23.1 Å². The number of ketones is 1. The zero-order valence-electron chi connectivity index (χ0n) is 15.6. The number of carbonyl (C=O) groups is 1. The monoisotopic (exact) mass is 423 g/mol. The third-order valence-electron chi connectivity index (χ3n) is 3.93. The fraction of sp³-hybridized carbons (Fsp3) is 0.143. The van der Waals surface area contributed by atoms with Gasteiger partial charge < -0.3 is 9.15 Å². The minimum Gasteiger partial charge on any atom is -0.457 e. The summed E-state index contributed by atoms with van der Waals surface area (Å²) in [6.07, 6.45) is 0.495. The molecule has 4 aromatic rings. The number of thiazole rings is 1. The maximum atomic E-state index is 12.4. The Morgan fingerprint density at radius 3 is 2.55 bits per heavy atom. The normalized spacial score (nSPS) is 10.8. The second-order valence-electron chi connectivity index (χ2n) is 6.15. The van der Waals surface area contributed by atoms with Crippen molar-refractivity contribution in [2.75, 3.05) is 5.75 Å². The number of nitrogens with zero attached hydrogens (tertiary/aromatic N) is 3. The van der Waals surface area contributed by atoms with Crippen LogP contribution in [0.25, 0.3) is 0 Å². The summed E-state index contributed by atoms with van der Waals surface area (Å²) in [5.74, 6) is 2.13. The minimum atomic E-state index is -0.0175. The molecule has 29 heavy (non-hydrogen) atoms. The molecule has 0 bridgehead atoms. The lowest BCUT2D eigenvalue weighted by molar-refractivity contribution is 0.102. The number of carbonyl (C=O) groups excluding carboxylic acids is 1. The standard InChI is InChI=1S/C21H17N3O3S2/c1-14-22-16(12-28-14)11-20-23-24-21(27-20)29-13-19(25)15-7-9-18(10-8-15)26-17-5-3-2-4-6-17/h2-10,12H,11,13H2,1H3. The molecule has 0 amide bonds. The van der Waals surface area contributed by atoms with Gasteiger partial charge in [0.15, 0.2) is 5.78 Å². The summed E-state index contributed by atoms with van der Waals surface area (Å²) in [6.45, 7) is 1.95. The molecule has 0 aliphatic carbocycles. The van der Waals surface area contributed by atoms with Gasteiger partial charge in [-0.2, -0.15) is 0 Å². The Hall–Kier alpha value is -2.97. The molecule has 146 valence electrons. The molecule has 0 saturated heterocycles. The largest absolute Gasteiger partial charge is 0.457 e. The number of aromatic nitrogens is 3. The van der Waals surface area contributed by atoms with Crippen LogP contribution in [0, 0.1) is 6.92 Å². The Labute approximate surface area is 176 Å². The van der Waals surface area contributed by atoms with E-state index in [1.807, 2.05) is 42.6 Å². The average molecular weight is 424 g/mol. The number of rotatable bonds is 8. The van der Waals surface area contributed by atoms with E-state index in [1.165, 1.54) is 11.8 Å². The molecule has 0 atom stereocenters. The Kier molecular flexibility index (Phi) is 6.02. The van der Waals surface area contributed by atoms with E-state index in [-0.39, 0.29) is 11.5 Å². The van der Waals surface area contributed by atoms with Gasteiger partial charge in [-0.25, -0.2) is 4.98 Å². The first-order valence-corrected chi connectivity index (χ1v) is 10.7. The number of thioether (sulfide) groups is 1. The van der Waals surface area contributed by atoms with Gasteiger partial charge in [0.05, 0.1) is 22.9 Å². The molecule has 0 aliphatic heterocycles. The molecule has 0 aliphatic rings. The van der Waals surface area contributed by atoms with Gasteiger partial charge in [0.25, 0.3) is 5.22 Å². The van der Waals surface area contributed by atoms with Crippen molar-refractivity contribution < 1.29 is 13.9 Å². The number of ether oxygens (including phenoxy) is 1. The predicted molar refractivity (Wildman–Crippen MR) is 112 cm³/mol. The fourth-order valence-electron chi connectivity index (χ4n) is 2.56. The Morgan fingerprint density at radius 1 is 1.07 bits per heavy atom. The maximum Gasteiger partial charge on any atom is 0.277 e. The number of Topliss-reactive ketones (excluding diaryl/α,β-unsaturated/α-hetero) is 1. The third-order valence-corrected chi connectivity index (χ3v) is 5.57. The molecule has 2 heterocycles. The third kappa shape index (κ3) is 5.30. The lowest BCUT2D eigenvalue weighted by atomic mass is 10.1. The zero-order chi connectivity index (χ0) is 20.1. The SMILES string of the molecule is Cc1nc(Cc2nnc(SCC(=O)c3ccc(Oc4ccccc4)cc3)o2)cs1. The van der Waals surface area contributed by atoms with Crippen LogP contribution in [0.5, 0.6) is 11.5 Å². The molecule has 0 radical (unpaired) electrons. The van der Waals surface area contributed by atoms with Crippen LogP contribution in [-0.2, 0) is 6.42 Å². The van der Waals surface area contributed by atoms with Gasteiger partial charge in [-0.1, -0.05) is 30.0 Å². The van der Waals surface area contributed by atoms with Crippen LogP contribution in [0.1, 0.15) is 27.0 Å². The summed E-state index contributed by atoms with van der Waals surface area (Å²) in [5.41, 5.74) is 1.51. The summed E-state index contributed by atoms with van der Waals surface area (Å²) < 4.78 is 11.3. The highest BCUT2D eigenvalue weighted by atomic mass is 32.2. The van der Waals surface area contributed by atoms with Crippen LogP contribution in [0.3, 0.4) is 0 Å². The number of benzene rings is 2. The van der Waals surface area contributed by atoms with E-state index in [4.69, 9.17) is 9.15 Å². The molecule has 6 nitrogen and oxygen atoms in total. The lowest BCUT2D eigenvalue weighted by Crippen LogP contribution is -2.02. The van der Waals surface area contributed by atoms with Crippen molar-refractivity contribution in [3.8, 4) is 11.5 Å². The van der Waals surface area contributed by atoms with E-state index < -0.39 is 0 Å². The van der Waals surface area contributed by atoms with Gasteiger partial charge in [-0.05, 0) is 43.3 Å². The highest BCUT2D eigenvalue weighted by Gasteiger charge is 2.13. The minimum absolute atomic E-state index is 0.0175. The van der Waals surface area contributed by atoms with Crippen LogP contribution in [0.4, 0.5) is 0 Å². The fourth-order valence-corrected chi connectivity index (χ4v) is 3.84. The zero-order valence-corrected chi connectivity index (χ0v) is 17.2. The highest BCUT2D eigenvalue weighted by Crippen LogP contribution is 2.23. The van der Waals surface area contributed by atoms with Crippen LogP contribution in [0.15, 0.2) is 69.6 Å². The smallest absolute Gasteiger partial charge is 0.277 e. The summed E-state index contributed by atoms with van der Waals surface area (Å²) >= 11 is 2.81. The maximum absolute atomic E-state index is 12.4. The molecular weight excluding hydrogens is 406 g/mol. The van der Waals surface area contributed by atoms with E-state index in [0.717, 1.165) is 16.5 Å². The van der Waals surface area contributed by atoms with E-state index >= 15 is 0 Å². The van der Waals surface area contributed by atoms with Gasteiger partial charge >= 0.3 is 0 Å². The van der Waals surface area contributed by atoms with Gasteiger partial charge in [0.2, 0.25) is 5.89 Å². The van der Waals surface area contributed by atoms with Crippen molar-refractivity contribution in [1.29, 1.82) is 0 Å². The lowest BCUT2D eigenvalue weighted by Gasteiger charge is -2.06. The summed E-state index contributed by atoms with van der Waals surface area (Å²) in [7, 11) is 0. The summed E-state index contributed by atoms with van der Waals surface area (Å²) in [5, 5.41) is 11.4. The van der Waals surface area contributed by atoms with Crippen molar-refractivity contribution in [1.82, 2.24) is 15.2 Å². The molecule has 0 N–H and O–H groups in total. The number of hydrogen-bond donors (Lipinski definition) is 0. The van der Waals surface area contributed by atoms with Crippen molar-refractivity contribution in [2.45, 2.75) is 18.6 Å². The second kappa shape index (κ2) is 9.02. The molecular formula is C21H17N3O3S2. The van der Waals surface area contributed by atoms with Gasteiger partial charge in [0.1, 0.15) is 11.5 Å². The first kappa shape index (κ1) is 19.4. The topological polar surface area (TPSA) is 78.1 Å². The van der Waals surface area contributed by atoms with Crippen molar-refractivity contribution in [3.63, 3.8) is 0 Å². The first-order chi connectivity index (χ1) is 14.2. The van der Waals surface area contributed by atoms with Crippen molar-refractivity contribution in [2.24, 2.45) is 0 Å². The van der Waals surface area contributed by atoms with Gasteiger partial charge in [0, 0.05) is 10.9 Å². The number of aryl methyl sites for hydroxylation is 1. The average Bonchev–Trinajstić information content (AvgIpc) is 3.36. The van der Waals surface area contributed by atoms with Crippen LogP contribution in [-0.4, -0.2) is 26.7 Å². The molecule has 2 aromatic heterocycles. The van der Waals surface area contributed by atoms with Gasteiger partial charge in [-0.3, -0.25) is 4.79 Å². The summed E-state index contributed by atoms with van der Waals surface area (Å²) in [6, 6.07) is 16.6. The van der Waals surface area contributed by atoms with Crippen LogP contribution < -0.4 is 4.74 Å². The van der Waals surface area contributed by atoms with E-state index in [0.29, 0.717) is 28.8 Å². The number of para-hydroxylation sites is 1. The Morgan fingerprint density at radius 2 is 1.83 bits per heavy atom.